The molecule has 2 heterocycles. The first-order valence-corrected chi connectivity index (χ1v) is 7.78. The normalized spacial score (nSPS) is 16.0. The lowest BCUT2D eigenvalue weighted by Gasteiger charge is -2.22. The number of nitrogens with zero attached hydrogens (tertiary/aromatic N) is 3. The Balaban J connectivity index is 2.17. The van der Waals surface area contributed by atoms with E-state index in [1.807, 2.05) is 6.92 Å². The van der Waals surface area contributed by atoms with Crippen LogP contribution in [0.25, 0.3) is 0 Å². The standard InChI is InChI=1S/C15H26N4O/c1-3-16-13-11-15(18-14(17-13)12-20-4-2)19-9-7-5-6-8-10-19/h11H,3-10,12H2,1-2H3,(H,16,17,18). The van der Waals surface area contributed by atoms with Gasteiger partial charge in [-0.2, -0.15) is 0 Å². The highest BCUT2D eigenvalue weighted by molar-refractivity contribution is 5.49. The smallest absolute Gasteiger partial charge is 0.158 e. The molecule has 0 amide bonds. The monoisotopic (exact) mass is 278 g/mol. The molecular weight excluding hydrogens is 252 g/mol. The fourth-order valence-corrected chi connectivity index (χ4v) is 2.47. The second-order valence-corrected chi connectivity index (χ2v) is 5.10. The number of aromatic nitrogens is 2. The molecule has 0 unspecified atom stereocenters. The van der Waals surface area contributed by atoms with Gasteiger partial charge in [0, 0.05) is 32.3 Å². The average molecular weight is 278 g/mol. The molecule has 1 saturated heterocycles. The minimum absolute atomic E-state index is 0.483. The molecule has 1 aromatic rings. The molecule has 20 heavy (non-hydrogen) atoms. The van der Waals surface area contributed by atoms with Gasteiger partial charge >= 0.3 is 0 Å². The third-order valence-corrected chi connectivity index (χ3v) is 3.48. The van der Waals surface area contributed by atoms with Crippen LogP contribution < -0.4 is 10.2 Å². The Bertz CT molecular complexity index is 403. The molecule has 0 aromatic carbocycles. The van der Waals surface area contributed by atoms with Gasteiger partial charge in [0.05, 0.1) is 0 Å². The number of anilines is 2. The van der Waals surface area contributed by atoms with Gasteiger partial charge in [-0.1, -0.05) is 12.8 Å². The summed E-state index contributed by atoms with van der Waals surface area (Å²) in [6.45, 7) is 8.29. The largest absolute Gasteiger partial charge is 0.374 e. The molecule has 1 aliphatic rings. The van der Waals surface area contributed by atoms with Gasteiger partial charge in [-0.05, 0) is 26.7 Å². The second kappa shape index (κ2) is 8.04. The zero-order valence-corrected chi connectivity index (χ0v) is 12.7. The van der Waals surface area contributed by atoms with Crippen molar-refractivity contribution in [2.24, 2.45) is 0 Å². The molecule has 1 aliphatic heterocycles. The zero-order chi connectivity index (χ0) is 14.2. The lowest BCUT2D eigenvalue weighted by Crippen LogP contribution is -2.25. The Morgan fingerprint density at radius 3 is 2.55 bits per heavy atom. The molecule has 2 rings (SSSR count). The van der Waals surface area contributed by atoms with E-state index in [4.69, 9.17) is 4.74 Å². The fourth-order valence-electron chi connectivity index (χ4n) is 2.47. The van der Waals surface area contributed by atoms with E-state index in [0.717, 1.165) is 37.1 Å². The molecule has 1 N–H and O–H groups in total. The van der Waals surface area contributed by atoms with Gasteiger partial charge in [-0.15, -0.1) is 0 Å². The molecule has 5 nitrogen and oxygen atoms in total. The molecule has 0 spiro atoms. The molecule has 112 valence electrons. The van der Waals surface area contributed by atoms with Crippen LogP contribution in [0.4, 0.5) is 11.6 Å². The number of hydrogen-bond donors (Lipinski definition) is 1. The van der Waals surface area contributed by atoms with Gasteiger partial charge in [0.2, 0.25) is 0 Å². The number of nitrogens with one attached hydrogen (secondary N) is 1. The van der Waals surface area contributed by atoms with Crippen LogP contribution in [0.2, 0.25) is 0 Å². The van der Waals surface area contributed by atoms with E-state index in [9.17, 15) is 0 Å². The highest BCUT2D eigenvalue weighted by atomic mass is 16.5. The summed E-state index contributed by atoms with van der Waals surface area (Å²) >= 11 is 0. The first-order valence-electron chi connectivity index (χ1n) is 7.78. The van der Waals surface area contributed by atoms with Gasteiger partial charge in [0.15, 0.2) is 5.82 Å². The molecule has 0 saturated carbocycles. The Morgan fingerprint density at radius 1 is 1.15 bits per heavy atom. The summed E-state index contributed by atoms with van der Waals surface area (Å²) < 4.78 is 5.45. The van der Waals surface area contributed by atoms with Crippen molar-refractivity contribution in [3.8, 4) is 0 Å². The first kappa shape index (κ1) is 15.0. The summed E-state index contributed by atoms with van der Waals surface area (Å²) in [5, 5.41) is 3.29. The Hall–Kier alpha value is -1.36. The van der Waals surface area contributed by atoms with Crippen molar-refractivity contribution in [2.45, 2.75) is 46.1 Å². The van der Waals surface area contributed by atoms with Crippen LogP contribution in [0, 0.1) is 0 Å². The molecule has 1 fully saturated rings. The maximum absolute atomic E-state index is 5.45. The maximum atomic E-state index is 5.45. The fraction of sp³-hybridized carbons (Fsp3) is 0.733. The van der Waals surface area contributed by atoms with Crippen LogP contribution in [0.3, 0.4) is 0 Å². The summed E-state index contributed by atoms with van der Waals surface area (Å²) in [6, 6.07) is 2.06. The zero-order valence-electron chi connectivity index (χ0n) is 12.7. The Labute approximate surface area is 121 Å². The number of ether oxygens (including phenoxy) is 1. The van der Waals surface area contributed by atoms with Crippen LogP contribution in [0.15, 0.2) is 6.07 Å². The summed E-state index contributed by atoms with van der Waals surface area (Å²) in [5.74, 6) is 2.70. The Morgan fingerprint density at radius 2 is 1.90 bits per heavy atom. The first-order chi connectivity index (χ1) is 9.83. The molecule has 0 bridgehead atoms. The van der Waals surface area contributed by atoms with Crippen molar-refractivity contribution in [3.63, 3.8) is 0 Å². The van der Waals surface area contributed by atoms with Gasteiger partial charge in [-0.3, -0.25) is 0 Å². The molecule has 1 aromatic heterocycles. The van der Waals surface area contributed by atoms with Crippen molar-refractivity contribution in [1.29, 1.82) is 0 Å². The molecule has 0 atom stereocenters. The van der Waals surface area contributed by atoms with Crippen LogP contribution >= 0.6 is 0 Å². The predicted molar refractivity (Wildman–Crippen MR) is 82.2 cm³/mol. The van der Waals surface area contributed by atoms with E-state index in [2.05, 4.69) is 33.2 Å². The molecule has 5 heteroatoms. The van der Waals surface area contributed by atoms with Crippen molar-refractivity contribution in [1.82, 2.24) is 9.97 Å². The minimum atomic E-state index is 0.483. The van der Waals surface area contributed by atoms with Crippen molar-refractivity contribution in [2.75, 3.05) is 36.5 Å². The summed E-state index contributed by atoms with van der Waals surface area (Å²) in [6.07, 6.45) is 5.16. The Kier molecular flexibility index (Phi) is 6.05. The quantitative estimate of drug-likeness (QED) is 0.867. The third kappa shape index (κ3) is 4.34. The van der Waals surface area contributed by atoms with Crippen molar-refractivity contribution < 1.29 is 4.74 Å². The van der Waals surface area contributed by atoms with E-state index in [1.165, 1.54) is 25.7 Å². The number of hydrogen-bond acceptors (Lipinski definition) is 5. The molecular formula is C15H26N4O. The second-order valence-electron chi connectivity index (χ2n) is 5.10. The van der Waals surface area contributed by atoms with Gasteiger partial charge in [0.1, 0.15) is 18.2 Å². The molecule has 0 radical (unpaired) electrons. The SMILES string of the molecule is CCNc1cc(N2CCCCCC2)nc(COCC)n1. The highest BCUT2D eigenvalue weighted by Gasteiger charge is 2.13. The van der Waals surface area contributed by atoms with E-state index in [-0.39, 0.29) is 0 Å². The van der Waals surface area contributed by atoms with Crippen LogP contribution in [0.1, 0.15) is 45.4 Å². The van der Waals surface area contributed by atoms with E-state index in [0.29, 0.717) is 13.2 Å². The van der Waals surface area contributed by atoms with E-state index < -0.39 is 0 Å². The van der Waals surface area contributed by atoms with E-state index >= 15 is 0 Å². The highest BCUT2D eigenvalue weighted by Crippen LogP contribution is 2.20. The maximum Gasteiger partial charge on any atom is 0.158 e. The third-order valence-electron chi connectivity index (χ3n) is 3.48. The predicted octanol–water partition coefficient (Wildman–Crippen LogP) is 2.83. The average Bonchev–Trinajstić information content (AvgIpc) is 2.74. The van der Waals surface area contributed by atoms with Gasteiger partial charge < -0.3 is 15.0 Å². The lowest BCUT2D eigenvalue weighted by molar-refractivity contribution is 0.128. The topological polar surface area (TPSA) is 50.3 Å². The summed E-state index contributed by atoms with van der Waals surface area (Å²) in [5.41, 5.74) is 0. The van der Waals surface area contributed by atoms with Crippen LogP contribution in [-0.4, -0.2) is 36.2 Å². The van der Waals surface area contributed by atoms with Gasteiger partial charge in [0.25, 0.3) is 0 Å². The summed E-state index contributed by atoms with van der Waals surface area (Å²) in [4.78, 5) is 11.6. The molecule has 0 aliphatic carbocycles. The lowest BCUT2D eigenvalue weighted by atomic mass is 10.2. The summed E-state index contributed by atoms with van der Waals surface area (Å²) in [7, 11) is 0. The number of rotatable bonds is 6. The van der Waals surface area contributed by atoms with Crippen molar-refractivity contribution in [3.05, 3.63) is 11.9 Å². The van der Waals surface area contributed by atoms with E-state index in [1.54, 1.807) is 0 Å². The van der Waals surface area contributed by atoms with Gasteiger partial charge in [-0.25, -0.2) is 9.97 Å². The van der Waals surface area contributed by atoms with Crippen LogP contribution in [-0.2, 0) is 11.3 Å². The van der Waals surface area contributed by atoms with Crippen molar-refractivity contribution >= 4 is 11.6 Å². The van der Waals surface area contributed by atoms with Crippen LogP contribution in [0.5, 0.6) is 0 Å². The minimum Gasteiger partial charge on any atom is -0.374 e.